The number of nitrogens with zero attached hydrogens (tertiary/aromatic N) is 1. The summed E-state index contributed by atoms with van der Waals surface area (Å²) in [5.74, 6) is 2.22. The molecule has 0 unspecified atom stereocenters. The van der Waals surface area contributed by atoms with Gasteiger partial charge in [0.1, 0.15) is 0 Å². The van der Waals surface area contributed by atoms with Gasteiger partial charge in [-0.2, -0.15) is 0 Å². The van der Waals surface area contributed by atoms with E-state index in [1.165, 1.54) is 11.8 Å². The van der Waals surface area contributed by atoms with Gasteiger partial charge in [0.15, 0.2) is 0 Å². The third kappa shape index (κ3) is 3.82. The van der Waals surface area contributed by atoms with Crippen molar-refractivity contribution in [3.05, 3.63) is 62.6 Å². The molecule has 0 N–H and O–H groups in total. The van der Waals surface area contributed by atoms with Gasteiger partial charge in [-0.15, -0.1) is 23.5 Å². The Labute approximate surface area is 149 Å². The van der Waals surface area contributed by atoms with Gasteiger partial charge in [-0.05, 0) is 35.9 Å². The van der Waals surface area contributed by atoms with Crippen molar-refractivity contribution >= 4 is 56.9 Å². The second kappa shape index (κ2) is 7.29. The number of rotatable bonds is 4. The highest BCUT2D eigenvalue weighted by atomic mass is 79.9. The van der Waals surface area contributed by atoms with Crippen LogP contribution in [-0.2, 0) is 0 Å². The van der Waals surface area contributed by atoms with E-state index < -0.39 is 0 Å². The first kappa shape index (κ1) is 16.2. The molecular formula is C15H12BrNO2S3. The molecule has 2 aromatic rings. The maximum Gasteiger partial charge on any atom is 0.283 e. The molecular weight excluding hydrogens is 402 g/mol. The van der Waals surface area contributed by atoms with E-state index in [9.17, 15) is 10.1 Å². The Kier molecular flexibility index (Phi) is 5.38. The average Bonchev–Trinajstić information content (AvgIpc) is 3.04. The Bertz CT molecular complexity index is 688. The minimum absolute atomic E-state index is 0.193. The predicted octanol–water partition coefficient (Wildman–Crippen LogP) is 5.99. The van der Waals surface area contributed by atoms with Crippen LogP contribution in [0.4, 0.5) is 5.69 Å². The first-order valence-corrected chi connectivity index (χ1v) is 10.3. The SMILES string of the molecule is O=[N+]([O-])c1cc(C2SCCS2)ccc1Sc1ccc(Br)cc1. The van der Waals surface area contributed by atoms with Crippen LogP contribution in [0.3, 0.4) is 0 Å². The number of halogens is 1. The largest absolute Gasteiger partial charge is 0.283 e. The molecule has 0 aromatic heterocycles. The standard InChI is InChI=1S/C15H12BrNO2S3/c16-11-2-4-12(5-3-11)22-14-6-1-10(9-13(14)17(18)19)15-20-7-8-21-15/h1-6,9,15H,7-8H2. The van der Waals surface area contributed by atoms with E-state index in [0.29, 0.717) is 9.48 Å². The summed E-state index contributed by atoms with van der Waals surface area (Å²) in [5, 5.41) is 11.4. The number of nitro benzene ring substituents is 1. The summed E-state index contributed by atoms with van der Waals surface area (Å²) in [6, 6.07) is 13.4. The van der Waals surface area contributed by atoms with Crippen LogP contribution in [0.2, 0.25) is 0 Å². The van der Waals surface area contributed by atoms with Gasteiger partial charge < -0.3 is 0 Å². The summed E-state index contributed by atoms with van der Waals surface area (Å²) in [6.45, 7) is 0. The zero-order valence-corrected chi connectivity index (χ0v) is 15.4. The van der Waals surface area contributed by atoms with Crippen molar-refractivity contribution in [3.63, 3.8) is 0 Å². The van der Waals surface area contributed by atoms with E-state index in [1.54, 1.807) is 6.07 Å². The van der Waals surface area contributed by atoms with Gasteiger partial charge in [-0.3, -0.25) is 10.1 Å². The topological polar surface area (TPSA) is 43.1 Å². The fraction of sp³-hybridized carbons (Fsp3) is 0.200. The van der Waals surface area contributed by atoms with E-state index in [1.807, 2.05) is 59.9 Å². The third-order valence-corrected chi connectivity index (χ3v) is 7.82. The van der Waals surface area contributed by atoms with Crippen LogP contribution in [0.25, 0.3) is 0 Å². The van der Waals surface area contributed by atoms with Gasteiger partial charge in [-0.25, -0.2) is 0 Å². The summed E-state index contributed by atoms with van der Waals surface area (Å²) >= 11 is 8.53. The average molecular weight is 414 g/mol. The summed E-state index contributed by atoms with van der Waals surface area (Å²) in [6.07, 6.45) is 0. The van der Waals surface area contributed by atoms with Crippen molar-refractivity contribution in [1.29, 1.82) is 0 Å². The van der Waals surface area contributed by atoms with Crippen LogP contribution in [-0.4, -0.2) is 16.4 Å². The molecule has 1 heterocycles. The van der Waals surface area contributed by atoms with Gasteiger partial charge in [-0.1, -0.05) is 33.8 Å². The fourth-order valence-electron chi connectivity index (χ4n) is 2.09. The molecule has 0 aliphatic carbocycles. The van der Waals surface area contributed by atoms with E-state index in [-0.39, 0.29) is 10.6 Å². The van der Waals surface area contributed by atoms with Crippen molar-refractivity contribution in [2.45, 2.75) is 14.4 Å². The molecule has 0 radical (unpaired) electrons. The third-order valence-electron chi connectivity index (χ3n) is 3.12. The van der Waals surface area contributed by atoms with Gasteiger partial charge in [0, 0.05) is 26.9 Å². The molecule has 0 bridgehead atoms. The van der Waals surface area contributed by atoms with Gasteiger partial charge in [0.05, 0.1) is 14.4 Å². The van der Waals surface area contributed by atoms with Crippen LogP contribution in [0.5, 0.6) is 0 Å². The molecule has 2 aromatic carbocycles. The number of thioether (sulfide) groups is 2. The predicted molar refractivity (Wildman–Crippen MR) is 99.0 cm³/mol. The maximum atomic E-state index is 11.4. The van der Waals surface area contributed by atoms with Crippen LogP contribution < -0.4 is 0 Å². The Morgan fingerprint density at radius 3 is 2.45 bits per heavy atom. The van der Waals surface area contributed by atoms with Crippen LogP contribution in [0.15, 0.2) is 56.7 Å². The number of hydrogen-bond donors (Lipinski definition) is 0. The van der Waals surface area contributed by atoms with Crippen molar-refractivity contribution < 1.29 is 4.92 Å². The fourth-order valence-corrected chi connectivity index (χ4v) is 6.09. The molecule has 3 nitrogen and oxygen atoms in total. The van der Waals surface area contributed by atoms with Crippen molar-refractivity contribution in [1.82, 2.24) is 0 Å². The summed E-state index contributed by atoms with van der Waals surface area (Å²) in [7, 11) is 0. The zero-order chi connectivity index (χ0) is 15.5. The lowest BCUT2D eigenvalue weighted by Gasteiger charge is -2.10. The minimum atomic E-state index is -0.283. The molecule has 0 amide bonds. The van der Waals surface area contributed by atoms with Crippen LogP contribution in [0.1, 0.15) is 10.1 Å². The lowest BCUT2D eigenvalue weighted by molar-refractivity contribution is -0.387. The highest BCUT2D eigenvalue weighted by Gasteiger charge is 2.23. The number of nitro groups is 1. The molecule has 22 heavy (non-hydrogen) atoms. The van der Waals surface area contributed by atoms with Crippen molar-refractivity contribution in [2.24, 2.45) is 0 Å². The normalized spacial score (nSPS) is 15.1. The van der Waals surface area contributed by atoms with Gasteiger partial charge in [0.25, 0.3) is 5.69 Å². The molecule has 0 spiro atoms. The quantitative estimate of drug-likeness (QED) is 0.454. The second-order valence-electron chi connectivity index (χ2n) is 4.61. The number of hydrogen-bond acceptors (Lipinski definition) is 5. The zero-order valence-electron chi connectivity index (χ0n) is 11.4. The lowest BCUT2D eigenvalue weighted by atomic mass is 10.2. The summed E-state index contributed by atoms with van der Waals surface area (Å²) in [4.78, 5) is 12.8. The molecule has 0 saturated carbocycles. The smallest absolute Gasteiger partial charge is 0.258 e. The lowest BCUT2D eigenvalue weighted by Crippen LogP contribution is -1.94. The summed E-state index contributed by atoms with van der Waals surface area (Å²) in [5.41, 5.74) is 1.23. The minimum Gasteiger partial charge on any atom is -0.258 e. The van der Waals surface area contributed by atoms with Gasteiger partial charge in [0.2, 0.25) is 0 Å². The molecule has 7 heteroatoms. The Hall–Kier alpha value is -0.630. The molecule has 1 aliphatic rings. The molecule has 1 aliphatic heterocycles. The second-order valence-corrected chi connectivity index (χ2v) is 9.37. The van der Waals surface area contributed by atoms with Gasteiger partial charge >= 0.3 is 0 Å². The highest BCUT2D eigenvalue weighted by Crippen LogP contribution is 2.47. The van der Waals surface area contributed by atoms with Crippen molar-refractivity contribution in [2.75, 3.05) is 11.5 Å². The first-order chi connectivity index (χ1) is 10.6. The van der Waals surface area contributed by atoms with Crippen LogP contribution >= 0.6 is 51.2 Å². The van der Waals surface area contributed by atoms with Crippen LogP contribution in [0, 0.1) is 10.1 Å². The van der Waals surface area contributed by atoms with E-state index >= 15 is 0 Å². The maximum absolute atomic E-state index is 11.4. The Morgan fingerprint density at radius 2 is 1.82 bits per heavy atom. The Balaban J connectivity index is 1.89. The molecule has 1 fully saturated rings. The molecule has 114 valence electrons. The van der Waals surface area contributed by atoms with E-state index in [0.717, 1.165) is 26.4 Å². The van der Waals surface area contributed by atoms with Crippen molar-refractivity contribution in [3.8, 4) is 0 Å². The monoisotopic (exact) mass is 413 g/mol. The van der Waals surface area contributed by atoms with E-state index in [4.69, 9.17) is 0 Å². The molecule has 0 atom stereocenters. The van der Waals surface area contributed by atoms with E-state index in [2.05, 4.69) is 15.9 Å². The summed E-state index contributed by atoms with van der Waals surface area (Å²) < 4.78 is 1.32. The molecule has 1 saturated heterocycles. The Morgan fingerprint density at radius 1 is 1.14 bits per heavy atom. The molecule has 3 rings (SSSR count). The first-order valence-electron chi connectivity index (χ1n) is 6.58. The number of benzene rings is 2. The highest BCUT2D eigenvalue weighted by molar-refractivity contribution is 9.10.